The zero-order valence-electron chi connectivity index (χ0n) is 23.5. The van der Waals surface area contributed by atoms with E-state index in [0.29, 0.717) is 0 Å². The zero-order chi connectivity index (χ0) is 29.3. The molecule has 0 aromatic heterocycles. The maximum atomic E-state index is 13.8. The van der Waals surface area contributed by atoms with Crippen molar-refractivity contribution in [2.45, 2.75) is 90.6 Å². The van der Waals surface area contributed by atoms with Crippen LogP contribution in [0.3, 0.4) is 0 Å². The molecule has 1 aliphatic carbocycles. The molecule has 1 saturated heterocycles. The van der Waals surface area contributed by atoms with Crippen molar-refractivity contribution in [3.8, 4) is 0 Å². The SMILES string of the molecule is C=C[C@H]1C[C@]1(NC(=O)[C@@H]1C[C@H](OS(C)(=O)=O)CN1C(=O)[C@@H](NC(=O)OC(C)(C)C)C(C)(C)C)C(=O)OCC. The number of likely N-dealkylation sites (tertiary alicyclic amines) is 1. The molecule has 216 valence electrons. The largest absolute Gasteiger partial charge is 0.464 e. The number of hydrogen-bond donors (Lipinski definition) is 2. The molecule has 2 N–H and O–H groups in total. The first-order valence-corrected chi connectivity index (χ1v) is 14.4. The Hall–Kier alpha value is -2.67. The van der Waals surface area contributed by atoms with E-state index in [4.69, 9.17) is 13.7 Å². The van der Waals surface area contributed by atoms with Crippen LogP contribution in [0.2, 0.25) is 0 Å². The summed E-state index contributed by atoms with van der Waals surface area (Å²) in [5.41, 5.74) is -2.92. The van der Waals surface area contributed by atoms with Gasteiger partial charge in [0.05, 0.1) is 19.0 Å². The van der Waals surface area contributed by atoms with Crippen molar-refractivity contribution >= 4 is 34.0 Å². The van der Waals surface area contributed by atoms with Crippen LogP contribution in [0.5, 0.6) is 0 Å². The monoisotopic (exact) mass is 559 g/mol. The number of rotatable bonds is 9. The van der Waals surface area contributed by atoms with Crippen molar-refractivity contribution in [2.24, 2.45) is 11.3 Å². The summed E-state index contributed by atoms with van der Waals surface area (Å²) in [7, 11) is -3.90. The van der Waals surface area contributed by atoms with Gasteiger partial charge in [0.25, 0.3) is 10.1 Å². The Labute approximate surface area is 224 Å². The Morgan fingerprint density at radius 1 is 1.16 bits per heavy atom. The molecule has 3 amide bonds. The molecule has 1 saturated carbocycles. The third-order valence-electron chi connectivity index (χ3n) is 6.22. The van der Waals surface area contributed by atoms with E-state index in [1.54, 1.807) is 54.5 Å². The van der Waals surface area contributed by atoms with E-state index >= 15 is 0 Å². The molecule has 38 heavy (non-hydrogen) atoms. The Bertz CT molecular complexity index is 1060. The topological polar surface area (TPSA) is 157 Å². The number of nitrogens with zero attached hydrogens (tertiary/aromatic N) is 1. The van der Waals surface area contributed by atoms with E-state index in [1.807, 2.05) is 0 Å². The number of carbonyl (C=O) groups is 4. The fraction of sp³-hybridized carbons (Fsp3) is 0.760. The van der Waals surface area contributed by atoms with Crippen molar-refractivity contribution in [3.05, 3.63) is 12.7 Å². The fourth-order valence-electron chi connectivity index (χ4n) is 4.41. The van der Waals surface area contributed by atoms with Crippen LogP contribution >= 0.6 is 0 Å². The van der Waals surface area contributed by atoms with Crippen LogP contribution in [-0.4, -0.2) is 85.9 Å². The van der Waals surface area contributed by atoms with Crippen LogP contribution in [-0.2, 0) is 38.2 Å². The van der Waals surface area contributed by atoms with Gasteiger partial charge in [-0.2, -0.15) is 8.42 Å². The summed E-state index contributed by atoms with van der Waals surface area (Å²) in [4.78, 5) is 53.7. The lowest BCUT2D eigenvalue weighted by Gasteiger charge is -2.36. The summed E-state index contributed by atoms with van der Waals surface area (Å²) >= 11 is 0. The highest BCUT2D eigenvalue weighted by Crippen LogP contribution is 2.45. The van der Waals surface area contributed by atoms with Gasteiger partial charge >= 0.3 is 12.1 Å². The molecule has 0 bridgehead atoms. The number of ether oxygens (including phenoxy) is 2. The maximum absolute atomic E-state index is 13.8. The van der Waals surface area contributed by atoms with Crippen LogP contribution in [0, 0.1) is 11.3 Å². The number of nitrogens with one attached hydrogen (secondary N) is 2. The molecule has 2 fully saturated rings. The predicted molar refractivity (Wildman–Crippen MR) is 138 cm³/mol. The molecule has 0 aromatic carbocycles. The maximum Gasteiger partial charge on any atom is 0.408 e. The minimum atomic E-state index is -3.90. The van der Waals surface area contributed by atoms with Crippen molar-refractivity contribution in [1.82, 2.24) is 15.5 Å². The minimum absolute atomic E-state index is 0.113. The number of amides is 3. The van der Waals surface area contributed by atoms with Gasteiger partial charge in [0.15, 0.2) is 0 Å². The number of hydrogen-bond acceptors (Lipinski definition) is 9. The minimum Gasteiger partial charge on any atom is -0.464 e. The van der Waals surface area contributed by atoms with Gasteiger partial charge < -0.3 is 25.0 Å². The number of alkyl carbamates (subject to hydrolysis) is 1. The van der Waals surface area contributed by atoms with Crippen molar-refractivity contribution in [2.75, 3.05) is 19.4 Å². The predicted octanol–water partition coefficient (Wildman–Crippen LogP) is 1.50. The van der Waals surface area contributed by atoms with Gasteiger partial charge in [-0.05, 0) is 39.5 Å². The van der Waals surface area contributed by atoms with Crippen LogP contribution in [0.15, 0.2) is 12.7 Å². The smallest absolute Gasteiger partial charge is 0.408 e. The van der Waals surface area contributed by atoms with Crippen molar-refractivity contribution in [1.29, 1.82) is 0 Å². The molecule has 0 unspecified atom stereocenters. The molecule has 12 nitrogen and oxygen atoms in total. The Kier molecular flexibility index (Phi) is 9.31. The average Bonchev–Trinajstić information content (AvgIpc) is 3.29. The van der Waals surface area contributed by atoms with Gasteiger partial charge in [-0.1, -0.05) is 26.8 Å². The molecule has 0 aromatic rings. The van der Waals surface area contributed by atoms with Crippen LogP contribution < -0.4 is 10.6 Å². The van der Waals surface area contributed by atoms with E-state index in [-0.39, 0.29) is 31.9 Å². The first kappa shape index (κ1) is 31.5. The number of esters is 1. The second-order valence-electron chi connectivity index (χ2n) is 11.8. The summed E-state index contributed by atoms with van der Waals surface area (Å²) in [5.74, 6) is -2.25. The molecule has 1 heterocycles. The molecule has 5 atom stereocenters. The molecule has 0 spiro atoms. The summed E-state index contributed by atoms with van der Waals surface area (Å²) in [6, 6.07) is -2.29. The van der Waals surface area contributed by atoms with Gasteiger partial charge in [0.2, 0.25) is 11.8 Å². The van der Waals surface area contributed by atoms with Gasteiger partial charge in [0, 0.05) is 18.9 Å². The first-order chi connectivity index (χ1) is 17.2. The molecule has 13 heteroatoms. The fourth-order valence-corrected chi connectivity index (χ4v) is 5.05. The van der Waals surface area contributed by atoms with E-state index in [1.165, 1.54) is 4.90 Å². The molecular formula is C25H41N3O9S. The van der Waals surface area contributed by atoms with Gasteiger partial charge in [0.1, 0.15) is 23.2 Å². The zero-order valence-corrected chi connectivity index (χ0v) is 24.3. The lowest BCUT2D eigenvalue weighted by molar-refractivity contribution is -0.150. The second kappa shape index (κ2) is 11.2. The van der Waals surface area contributed by atoms with E-state index in [2.05, 4.69) is 17.2 Å². The third kappa shape index (κ3) is 7.92. The standard InChI is InChI=1S/C25H41N3O9S/c1-10-15-13-25(15,21(31)35-11-2)27-19(29)17-12-16(37-38(9,33)34)14-28(17)20(30)18(23(3,4)5)26-22(32)36-24(6,7)8/h10,15-18H,1,11-14H2,2-9H3,(H,26,32)(H,27,29)/t15-,16-,17-,18+,25+/m0/s1. The summed E-state index contributed by atoms with van der Waals surface area (Å²) in [6.07, 6.45) is 0.762. The lowest BCUT2D eigenvalue weighted by Crippen LogP contribution is -2.59. The highest BCUT2D eigenvalue weighted by Gasteiger charge is 2.62. The van der Waals surface area contributed by atoms with Crippen molar-refractivity contribution in [3.63, 3.8) is 0 Å². The Morgan fingerprint density at radius 2 is 1.76 bits per heavy atom. The van der Waals surface area contributed by atoms with Crippen molar-refractivity contribution < 1.29 is 41.3 Å². The quantitative estimate of drug-likeness (QED) is 0.243. The first-order valence-electron chi connectivity index (χ1n) is 12.5. The van der Waals surface area contributed by atoms with E-state index in [9.17, 15) is 27.6 Å². The van der Waals surface area contributed by atoms with Crippen LogP contribution in [0.1, 0.15) is 61.3 Å². The van der Waals surface area contributed by atoms with Gasteiger partial charge in [-0.3, -0.25) is 13.8 Å². The van der Waals surface area contributed by atoms with Gasteiger partial charge in [-0.25, -0.2) is 9.59 Å². The second-order valence-corrected chi connectivity index (χ2v) is 13.4. The molecule has 0 radical (unpaired) electrons. The highest BCUT2D eigenvalue weighted by atomic mass is 32.2. The summed E-state index contributed by atoms with van der Waals surface area (Å²) in [6.45, 7) is 15.5. The molecule has 2 rings (SSSR count). The van der Waals surface area contributed by atoms with E-state index < -0.39 is 68.7 Å². The van der Waals surface area contributed by atoms with Gasteiger partial charge in [-0.15, -0.1) is 6.58 Å². The highest BCUT2D eigenvalue weighted by molar-refractivity contribution is 7.86. The Balaban J connectivity index is 2.37. The average molecular weight is 560 g/mol. The summed E-state index contributed by atoms with van der Waals surface area (Å²) < 4.78 is 39.2. The Morgan fingerprint density at radius 3 is 2.21 bits per heavy atom. The third-order valence-corrected chi connectivity index (χ3v) is 6.84. The molecular weight excluding hydrogens is 518 g/mol. The van der Waals surface area contributed by atoms with E-state index in [0.717, 1.165) is 6.26 Å². The normalized spacial score (nSPS) is 26.2. The lowest BCUT2D eigenvalue weighted by atomic mass is 9.85. The molecule has 1 aliphatic heterocycles. The number of carbonyl (C=O) groups excluding carboxylic acids is 4. The van der Waals surface area contributed by atoms with Crippen LogP contribution in [0.4, 0.5) is 4.79 Å². The summed E-state index contributed by atoms with van der Waals surface area (Å²) in [5, 5.41) is 5.31. The molecule has 2 aliphatic rings. The van der Waals surface area contributed by atoms with Crippen LogP contribution in [0.25, 0.3) is 0 Å².